The molecule has 12 heteroatoms. The van der Waals surface area contributed by atoms with Gasteiger partial charge in [0.1, 0.15) is 0 Å². The van der Waals surface area contributed by atoms with Crippen LogP contribution in [0.5, 0.6) is 0 Å². The van der Waals surface area contributed by atoms with Crippen LogP contribution in [0.4, 0.5) is 0 Å². The van der Waals surface area contributed by atoms with Crippen LogP contribution in [0.25, 0.3) is 0 Å². The first-order valence-corrected chi connectivity index (χ1v) is 11.0. The molecule has 18 heavy (non-hydrogen) atoms. The summed E-state index contributed by atoms with van der Waals surface area (Å²) in [6.45, 7) is 0. The van der Waals surface area contributed by atoms with E-state index in [1.165, 1.54) is 32.1 Å². The molecule has 1 aliphatic carbocycles. The zero-order chi connectivity index (χ0) is 16.2. The Hall–Kier alpha value is 3.59. The van der Waals surface area contributed by atoms with E-state index in [0.717, 1.165) is 0 Å². The number of rotatable bonds is 0. The van der Waals surface area contributed by atoms with Gasteiger partial charge in [-0.3, -0.25) is 0 Å². The maximum absolute atomic E-state index is 8.34. The molecule has 0 saturated heterocycles. The quantitative estimate of drug-likeness (QED) is 0.295. The van der Waals surface area contributed by atoms with E-state index in [-0.39, 0.29) is 0 Å². The Morgan fingerprint density at radius 1 is 0.444 bits per heavy atom. The Morgan fingerprint density at radius 2 is 0.667 bits per heavy atom. The van der Waals surface area contributed by atoms with Crippen LogP contribution in [0.2, 0.25) is 0 Å². The van der Waals surface area contributed by atoms with Crippen LogP contribution in [0, 0.1) is 6.42 Å². The number of hydrogen-bond donors (Lipinski definition) is 0. The van der Waals surface area contributed by atoms with E-state index in [1.807, 2.05) is 0 Å². The average Bonchev–Trinajstić information content (AvgIpc) is 2.60. The van der Waals surface area contributed by atoms with E-state index in [1.54, 1.807) is 0 Å². The molecule has 0 N–H and O–H groups in total. The molecule has 0 amide bonds. The predicted octanol–water partition coefficient (Wildman–Crippen LogP) is -0.843. The van der Waals surface area contributed by atoms with E-state index < -0.39 is 0 Å². The summed E-state index contributed by atoms with van der Waals surface area (Å²) in [5, 5.41) is 0. The summed E-state index contributed by atoms with van der Waals surface area (Å²) < 4.78 is 50.0. The minimum atomic E-state index is 0.300. The van der Waals surface area contributed by atoms with Gasteiger partial charge in [0, 0.05) is 0 Å². The summed E-state index contributed by atoms with van der Waals surface area (Å²) in [6.07, 6.45) is 9.50. The molecule has 0 unspecified atom stereocenters. The molecule has 6 nitrogen and oxygen atoms in total. The third-order valence-electron chi connectivity index (χ3n) is 1.32. The Kier molecular flexibility index (Phi) is 180. The van der Waals surface area contributed by atoms with Gasteiger partial charge in [-0.05, 0) is 6.42 Å². The van der Waals surface area contributed by atoms with Crippen LogP contribution in [0.3, 0.4) is 0 Å². The maximum atomic E-state index is 8.34. The summed E-state index contributed by atoms with van der Waals surface area (Å²) in [7, 11) is 0. The van der Waals surface area contributed by atoms with Gasteiger partial charge in [0.25, 0.3) is 0 Å². The Bertz CT molecular complexity index is 83.5. The van der Waals surface area contributed by atoms with E-state index in [2.05, 4.69) is 6.42 Å². The fourth-order valence-electron chi connectivity index (χ4n) is 0.898. The molecule has 0 aromatic rings. The van der Waals surface area contributed by atoms with Gasteiger partial charge in [-0.25, -0.2) is 0 Å². The normalized spacial score (nSPS) is 9.33. The van der Waals surface area contributed by atoms with E-state index >= 15 is 0 Å². The summed E-state index contributed by atoms with van der Waals surface area (Å²) in [4.78, 5) is 0. The van der Waals surface area contributed by atoms with E-state index in [0.29, 0.717) is 135 Å². The topological polar surface area (TPSA) is 102 Å². The van der Waals surface area contributed by atoms with Crippen LogP contribution >= 0.6 is 0 Å². The van der Waals surface area contributed by atoms with Gasteiger partial charge in [0.15, 0.2) is 0 Å². The van der Waals surface area contributed by atoms with Gasteiger partial charge in [0.2, 0.25) is 0 Å². The van der Waals surface area contributed by atoms with Crippen LogP contribution < -0.4 is 0 Å². The van der Waals surface area contributed by atoms with Crippen LogP contribution in [-0.2, 0) is 18.5 Å². The molecular formula is C6H11O6Sn6. The van der Waals surface area contributed by atoms with Crippen molar-refractivity contribution in [3.05, 3.63) is 6.42 Å². The molecule has 1 saturated carbocycles. The predicted molar refractivity (Wildman–Crippen MR) is 66.0 cm³/mol. The SMILES string of the molecule is [CH]1CCCCC1.[O]=[Sn].[O]=[Sn].[O]=[Sn].[O]=[Sn].[O]=[Sn].[O]=[Sn]. The van der Waals surface area contributed by atoms with Gasteiger partial charge in [-0.2, -0.15) is 0 Å². The van der Waals surface area contributed by atoms with Gasteiger partial charge in [-0.1, -0.05) is 32.1 Å². The van der Waals surface area contributed by atoms with Crippen molar-refractivity contribution >= 4 is 135 Å². The first-order valence-electron chi connectivity index (χ1n) is 4.04. The third-order valence-corrected chi connectivity index (χ3v) is 1.32. The molecule has 1 aliphatic rings. The molecular weight excluding hydrogens is 880 g/mol. The second-order valence-electron chi connectivity index (χ2n) is 1.93. The molecule has 1 rings (SSSR count). The monoisotopic (exact) mass is 898 g/mol. The van der Waals surface area contributed by atoms with Crippen LogP contribution in [0.1, 0.15) is 32.1 Å². The second kappa shape index (κ2) is 85.9. The summed E-state index contributed by atoms with van der Waals surface area (Å²) >= 11 is 1.80. The van der Waals surface area contributed by atoms with Crippen molar-refractivity contribution in [3.8, 4) is 0 Å². The molecule has 0 aromatic carbocycles. The van der Waals surface area contributed by atoms with Crippen molar-refractivity contribution in [1.82, 2.24) is 0 Å². The molecule has 0 bridgehead atoms. The van der Waals surface area contributed by atoms with Gasteiger partial charge in [0.05, 0.1) is 0 Å². The van der Waals surface area contributed by atoms with Crippen molar-refractivity contribution in [2.75, 3.05) is 0 Å². The minimum absolute atomic E-state index is 0.300. The average molecular weight is 891 g/mol. The standard InChI is InChI=1S/C6H11.6O.6Sn/c1-2-4-6-5-3-1;;;;;;;;;;;;/h1H,2-6H2;;;;;;;;;;;;. The third kappa shape index (κ3) is 73.6. The molecule has 0 heterocycles. The summed E-state index contributed by atoms with van der Waals surface area (Å²) in [5.41, 5.74) is 0. The molecule has 0 aliphatic heterocycles. The zero-order valence-electron chi connectivity index (χ0n) is 9.56. The Balaban J connectivity index is -0.0000000262. The number of hydrogen-bond acceptors (Lipinski definition) is 6. The summed E-state index contributed by atoms with van der Waals surface area (Å²) in [6, 6.07) is 0. The zero-order valence-corrected chi connectivity index (χ0v) is 26.7. The molecule has 1 fully saturated rings. The summed E-state index contributed by atoms with van der Waals surface area (Å²) in [5.74, 6) is 0. The van der Waals surface area contributed by atoms with Crippen molar-refractivity contribution < 1.29 is 18.5 Å². The van der Waals surface area contributed by atoms with Crippen molar-refractivity contribution in [2.45, 2.75) is 32.1 Å². The first-order chi connectivity index (χ1) is 9.00. The molecule has 0 spiro atoms. The Labute approximate surface area is 188 Å². The van der Waals surface area contributed by atoms with Crippen LogP contribution in [0.15, 0.2) is 0 Å². The first kappa shape index (κ1) is 37.7. The van der Waals surface area contributed by atoms with Gasteiger partial charge in [-0.15, -0.1) is 0 Å². The van der Waals surface area contributed by atoms with Crippen molar-refractivity contribution in [2.24, 2.45) is 0 Å². The van der Waals surface area contributed by atoms with Crippen molar-refractivity contribution in [1.29, 1.82) is 0 Å². The Morgan fingerprint density at radius 3 is 0.722 bits per heavy atom. The van der Waals surface area contributed by atoms with E-state index in [9.17, 15) is 0 Å². The van der Waals surface area contributed by atoms with Gasteiger partial charge < -0.3 is 0 Å². The fourth-order valence-corrected chi connectivity index (χ4v) is 0.898. The van der Waals surface area contributed by atoms with Gasteiger partial charge >= 0.3 is 154 Å². The van der Waals surface area contributed by atoms with Crippen molar-refractivity contribution in [3.63, 3.8) is 0 Å². The molecule has 95 valence electrons. The second-order valence-corrected chi connectivity index (χ2v) is 1.93. The molecule has 13 radical (unpaired) electrons. The molecule has 0 aromatic heterocycles. The fraction of sp³-hybridized carbons (Fsp3) is 0.833. The van der Waals surface area contributed by atoms with Crippen LogP contribution in [-0.4, -0.2) is 135 Å². The molecule has 0 atom stereocenters. The van der Waals surface area contributed by atoms with E-state index in [4.69, 9.17) is 18.5 Å².